The first-order chi connectivity index (χ1) is 8.10. The number of ketones is 1. The van der Waals surface area contributed by atoms with Crippen molar-refractivity contribution in [2.24, 2.45) is 5.41 Å². The Morgan fingerprint density at radius 3 is 2.06 bits per heavy atom. The first-order valence-electron chi connectivity index (χ1n) is 5.46. The van der Waals surface area contributed by atoms with E-state index in [0.29, 0.717) is 6.42 Å². The summed E-state index contributed by atoms with van der Waals surface area (Å²) < 4.78 is 39.6. The van der Waals surface area contributed by atoms with Gasteiger partial charge in [0.25, 0.3) is 0 Å². The Labute approximate surface area is 104 Å². The van der Waals surface area contributed by atoms with E-state index in [2.05, 4.69) is 4.74 Å². The van der Waals surface area contributed by atoms with Crippen molar-refractivity contribution >= 4 is 5.78 Å². The Bertz CT molecular complexity index is 419. The van der Waals surface area contributed by atoms with E-state index in [-0.39, 0.29) is 11.5 Å². The first-order valence-corrected chi connectivity index (χ1v) is 5.46. The lowest BCUT2D eigenvalue weighted by atomic mass is 9.82. The third-order valence-electron chi connectivity index (χ3n) is 2.76. The molecule has 1 rings (SSSR count). The van der Waals surface area contributed by atoms with Crippen LogP contribution in [-0.4, -0.2) is 12.1 Å². The molecule has 0 aliphatic heterocycles. The first kappa shape index (κ1) is 14.5. The molecule has 5 heteroatoms. The van der Waals surface area contributed by atoms with Crippen molar-refractivity contribution in [2.45, 2.75) is 33.6 Å². The van der Waals surface area contributed by atoms with Crippen molar-refractivity contribution in [3.05, 3.63) is 29.8 Å². The number of benzene rings is 1. The molecule has 0 spiro atoms. The molecule has 0 unspecified atom stereocenters. The van der Waals surface area contributed by atoms with Crippen LogP contribution in [0.3, 0.4) is 0 Å². The zero-order valence-corrected chi connectivity index (χ0v) is 10.5. The average Bonchev–Trinajstić information content (AvgIpc) is 2.18. The van der Waals surface area contributed by atoms with Gasteiger partial charge in [0.05, 0.1) is 0 Å². The zero-order chi connectivity index (χ0) is 14.0. The molecule has 0 aromatic heterocycles. The molecule has 0 atom stereocenters. The van der Waals surface area contributed by atoms with Crippen molar-refractivity contribution in [1.29, 1.82) is 0 Å². The number of hydrogen-bond donors (Lipinski definition) is 0. The molecule has 0 saturated heterocycles. The maximum absolute atomic E-state index is 12.0. The fourth-order valence-electron chi connectivity index (χ4n) is 1.44. The summed E-state index contributed by atoms with van der Waals surface area (Å²) in [4.78, 5) is 11.4. The van der Waals surface area contributed by atoms with Crippen LogP contribution in [-0.2, 0) is 11.2 Å². The van der Waals surface area contributed by atoms with E-state index < -0.39 is 11.8 Å². The highest BCUT2D eigenvalue weighted by atomic mass is 19.4. The summed E-state index contributed by atoms with van der Waals surface area (Å²) in [5, 5.41) is 0. The van der Waals surface area contributed by atoms with Crippen LogP contribution in [0.4, 0.5) is 13.2 Å². The number of carbonyl (C=O) groups excluding carboxylic acids is 1. The van der Waals surface area contributed by atoms with Crippen molar-refractivity contribution in [3.8, 4) is 5.75 Å². The third-order valence-corrected chi connectivity index (χ3v) is 2.76. The van der Waals surface area contributed by atoms with Gasteiger partial charge in [-0.2, -0.15) is 0 Å². The lowest BCUT2D eigenvalue weighted by molar-refractivity contribution is -0.274. The van der Waals surface area contributed by atoms with Crippen LogP contribution < -0.4 is 4.74 Å². The van der Waals surface area contributed by atoms with E-state index >= 15 is 0 Å². The summed E-state index contributed by atoms with van der Waals surface area (Å²) in [6.07, 6.45) is -4.20. The highest BCUT2D eigenvalue weighted by molar-refractivity contribution is 5.81. The maximum Gasteiger partial charge on any atom is 0.573 e. The largest absolute Gasteiger partial charge is 0.573 e. The Morgan fingerprint density at radius 2 is 1.67 bits per heavy atom. The van der Waals surface area contributed by atoms with Crippen molar-refractivity contribution in [1.82, 2.24) is 0 Å². The number of carbonyl (C=O) groups is 1. The van der Waals surface area contributed by atoms with Crippen LogP contribution in [0.25, 0.3) is 0 Å². The van der Waals surface area contributed by atoms with E-state index in [1.165, 1.54) is 31.2 Å². The quantitative estimate of drug-likeness (QED) is 0.824. The zero-order valence-electron chi connectivity index (χ0n) is 10.5. The number of alkyl halides is 3. The van der Waals surface area contributed by atoms with Gasteiger partial charge in [-0.15, -0.1) is 13.2 Å². The number of hydrogen-bond acceptors (Lipinski definition) is 2. The lowest BCUT2D eigenvalue weighted by Gasteiger charge is -2.21. The number of rotatable bonds is 4. The van der Waals surface area contributed by atoms with E-state index in [1.54, 1.807) is 13.8 Å². The molecule has 18 heavy (non-hydrogen) atoms. The molecule has 0 bridgehead atoms. The van der Waals surface area contributed by atoms with Gasteiger partial charge in [0.2, 0.25) is 0 Å². The molecule has 0 aliphatic carbocycles. The fraction of sp³-hybridized carbons (Fsp3) is 0.462. The van der Waals surface area contributed by atoms with Gasteiger partial charge in [-0.3, -0.25) is 4.79 Å². The van der Waals surface area contributed by atoms with Gasteiger partial charge in [-0.25, -0.2) is 0 Å². The topological polar surface area (TPSA) is 26.3 Å². The van der Waals surface area contributed by atoms with Crippen LogP contribution in [0.5, 0.6) is 5.75 Å². The van der Waals surface area contributed by atoms with Gasteiger partial charge in [0.1, 0.15) is 11.5 Å². The average molecular weight is 260 g/mol. The predicted octanol–water partition coefficient (Wildman–Crippen LogP) is 3.74. The summed E-state index contributed by atoms with van der Waals surface area (Å²) in [6.45, 7) is 5.10. The van der Waals surface area contributed by atoms with Crippen molar-refractivity contribution in [3.63, 3.8) is 0 Å². The Kier molecular flexibility index (Phi) is 4.04. The van der Waals surface area contributed by atoms with E-state index in [4.69, 9.17) is 0 Å². The smallest absolute Gasteiger partial charge is 0.406 e. The van der Waals surface area contributed by atoms with Crippen LogP contribution in [0.15, 0.2) is 24.3 Å². The highest BCUT2D eigenvalue weighted by Gasteiger charge is 2.31. The number of halogens is 3. The van der Waals surface area contributed by atoms with Crippen molar-refractivity contribution in [2.75, 3.05) is 0 Å². The number of ether oxygens (including phenoxy) is 1. The summed E-state index contributed by atoms with van der Waals surface area (Å²) >= 11 is 0. The third kappa shape index (κ3) is 4.39. The normalized spacial score (nSPS) is 12.3. The predicted molar refractivity (Wildman–Crippen MR) is 61.3 cm³/mol. The molecule has 0 amide bonds. The van der Waals surface area contributed by atoms with E-state index in [0.717, 1.165) is 5.56 Å². The minimum absolute atomic E-state index is 0.0399. The van der Waals surface area contributed by atoms with Gasteiger partial charge in [0, 0.05) is 5.41 Å². The highest BCUT2D eigenvalue weighted by Crippen LogP contribution is 2.26. The standard InChI is InChI=1S/C13H15F3O2/c1-9(17)12(2,3)8-10-4-6-11(7-5-10)18-13(14,15)16/h4-7H,8H2,1-3H3. The monoisotopic (exact) mass is 260 g/mol. The van der Waals surface area contributed by atoms with Gasteiger partial charge in [-0.1, -0.05) is 26.0 Å². The summed E-state index contributed by atoms with van der Waals surface area (Å²) in [7, 11) is 0. The van der Waals surface area contributed by atoms with Crippen LogP contribution >= 0.6 is 0 Å². The lowest BCUT2D eigenvalue weighted by Crippen LogP contribution is -2.24. The SMILES string of the molecule is CC(=O)C(C)(C)Cc1ccc(OC(F)(F)F)cc1. The molecule has 0 fully saturated rings. The van der Waals surface area contributed by atoms with E-state index in [1.807, 2.05) is 0 Å². The molecule has 0 N–H and O–H groups in total. The van der Waals surface area contributed by atoms with Gasteiger partial charge < -0.3 is 4.74 Å². The molecular weight excluding hydrogens is 245 g/mol. The Hall–Kier alpha value is -1.52. The summed E-state index contributed by atoms with van der Waals surface area (Å²) in [5.74, 6) is -0.218. The second-order valence-corrected chi connectivity index (χ2v) is 4.81. The molecule has 1 aromatic rings. The Balaban J connectivity index is 2.75. The number of Topliss-reactive ketones (excluding diaryl/α,β-unsaturated/α-hetero) is 1. The Morgan fingerprint density at radius 1 is 1.17 bits per heavy atom. The summed E-state index contributed by atoms with van der Waals surface area (Å²) in [6, 6.07) is 5.57. The van der Waals surface area contributed by atoms with Crippen LogP contribution in [0, 0.1) is 5.41 Å². The molecule has 0 saturated carbocycles. The minimum atomic E-state index is -4.68. The molecule has 1 aromatic carbocycles. The second kappa shape index (κ2) is 5.00. The summed E-state index contributed by atoms with van der Waals surface area (Å²) in [5.41, 5.74) is 0.275. The maximum atomic E-state index is 12.0. The molecule has 0 radical (unpaired) electrons. The molecule has 2 nitrogen and oxygen atoms in total. The van der Waals surface area contributed by atoms with Crippen LogP contribution in [0.2, 0.25) is 0 Å². The molecular formula is C13H15F3O2. The molecule has 0 heterocycles. The van der Waals surface area contributed by atoms with E-state index in [9.17, 15) is 18.0 Å². The van der Waals surface area contributed by atoms with Gasteiger partial charge in [-0.05, 0) is 31.0 Å². The minimum Gasteiger partial charge on any atom is -0.406 e. The van der Waals surface area contributed by atoms with Gasteiger partial charge >= 0.3 is 6.36 Å². The second-order valence-electron chi connectivity index (χ2n) is 4.81. The van der Waals surface area contributed by atoms with Crippen molar-refractivity contribution < 1.29 is 22.7 Å². The molecule has 0 aliphatic rings. The fourth-order valence-corrected chi connectivity index (χ4v) is 1.44. The molecule has 100 valence electrons. The van der Waals surface area contributed by atoms with Gasteiger partial charge in [0.15, 0.2) is 0 Å². The van der Waals surface area contributed by atoms with Crippen LogP contribution in [0.1, 0.15) is 26.3 Å².